The van der Waals surface area contributed by atoms with Crippen LogP contribution in [0.1, 0.15) is 5.56 Å². The van der Waals surface area contributed by atoms with E-state index in [1.807, 2.05) is 12.1 Å². The van der Waals surface area contributed by atoms with Gasteiger partial charge in [-0.3, -0.25) is 23.3 Å². The fourth-order valence-electron chi connectivity index (χ4n) is 3.92. The Morgan fingerprint density at radius 1 is 1.06 bits per heavy atom. The fourth-order valence-corrected chi connectivity index (χ4v) is 4.78. The summed E-state index contributed by atoms with van der Waals surface area (Å²) in [5.74, 6) is -0.763. The molecule has 0 aliphatic rings. The van der Waals surface area contributed by atoms with Gasteiger partial charge in [0.15, 0.2) is 16.3 Å². The number of fused-ring (bicyclic) bond motifs is 3. The highest BCUT2D eigenvalue weighted by molar-refractivity contribution is 7.99. The Morgan fingerprint density at radius 2 is 1.78 bits per heavy atom. The normalized spacial score (nSPS) is 11.4. The lowest BCUT2D eigenvalue weighted by molar-refractivity contribution is -0.113. The van der Waals surface area contributed by atoms with Gasteiger partial charge < -0.3 is 5.32 Å². The van der Waals surface area contributed by atoms with Crippen LogP contribution in [0.4, 0.5) is 10.1 Å². The summed E-state index contributed by atoms with van der Waals surface area (Å²) in [6.45, 7) is 0.272. The molecule has 0 saturated heterocycles. The zero-order valence-corrected chi connectivity index (χ0v) is 20.7. The number of aryl methyl sites for hydroxylation is 1. The molecule has 13 heteroatoms. The zero-order valence-electron chi connectivity index (χ0n) is 19.1. The summed E-state index contributed by atoms with van der Waals surface area (Å²) in [5, 5.41) is 11.9. The van der Waals surface area contributed by atoms with Crippen LogP contribution in [0.3, 0.4) is 0 Å². The van der Waals surface area contributed by atoms with Crippen molar-refractivity contribution in [3.8, 4) is 0 Å². The third kappa shape index (κ3) is 4.07. The van der Waals surface area contributed by atoms with Gasteiger partial charge in [0.2, 0.25) is 11.7 Å². The predicted octanol–water partition coefficient (Wildman–Crippen LogP) is 2.65. The van der Waals surface area contributed by atoms with Crippen molar-refractivity contribution in [2.45, 2.75) is 11.7 Å². The summed E-state index contributed by atoms with van der Waals surface area (Å²) in [6, 6.07) is 13.0. The monoisotopic (exact) mass is 527 g/mol. The SMILES string of the molecule is Cn1c(=O)c2c(n(C)c1=O)n1c(SCC(=O)Nc3ccccc3F)nnc1n2Cc1ccc(Cl)cc1. The third-order valence-corrected chi connectivity index (χ3v) is 6.87. The van der Waals surface area contributed by atoms with Gasteiger partial charge in [-0.05, 0) is 29.8 Å². The highest BCUT2D eigenvalue weighted by atomic mass is 35.5. The first-order valence-electron chi connectivity index (χ1n) is 10.7. The first-order valence-corrected chi connectivity index (χ1v) is 12.1. The van der Waals surface area contributed by atoms with Crippen molar-refractivity contribution in [3.05, 3.63) is 85.8 Å². The van der Waals surface area contributed by atoms with E-state index >= 15 is 0 Å². The maximum absolute atomic E-state index is 13.9. The quantitative estimate of drug-likeness (QED) is 0.340. The summed E-state index contributed by atoms with van der Waals surface area (Å²) < 4.78 is 19.5. The number of thioether (sulfide) groups is 1. The van der Waals surface area contributed by atoms with Gasteiger partial charge in [-0.2, -0.15) is 0 Å². The molecular formula is C23H19ClFN7O3S. The Labute approximate surface area is 211 Å². The van der Waals surface area contributed by atoms with Crippen LogP contribution in [0.5, 0.6) is 0 Å². The number of nitrogens with one attached hydrogen (secondary N) is 1. The van der Waals surface area contributed by atoms with E-state index in [9.17, 15) is 18.8 Å². The van der Waals surface area contributed by atoms with Crippen molar-refractivity contribution in [2.24, 2.45) is 14.1 Å². The van der Waals surface area contributed by atoms with Crippen molar-refractivity contribution in [1.29, 1.82) is 0 Å². The molecule has 0 aliphatic carbocycles. The van der Waals surface area contributed by atoms with E-state index in [0.29, 0.717) is 21.6 Å². The third-order valence-electron chi connectivity index (χ3n) is 5.68. The minimum Gasteiger partial charge on any atom is -0.323 e. The van der Waals surface area contributed by atoms with E-state index < -0.39 is 23.0 Å². The van der Waals surface area contributed by atoms with Crippen molar-refractivity contribution in [2.75, 3.05) is 11.1 Å². The van der Waals surface area contributed by atoms with E-state index in [-0.39, 0.29) is 23.5 Å². The Kier molecular flexibility index (Phi) is 6.14. The summed E-state index contributed by atoms with van der Waals surface area (Å²) in [5.41, 5.74) is 0.489. The molecule has 1 N–H and O–H groups in total. The molecule has 0 fully saturated rings. The van der Waals surface area contributed by atoms with Gasteiger partial charge in [0.1, 0.15) is 5.82 Å². The number of para-hydroxylation sites is 1. The number of hydrogen-bond acceptors (Lipinski definition) is 6. The number of aromatic nitrogens is 6. The van der Waals surface area contributed by atoms with Gasteiger partial charge >= 0.3 is 5.69 Å². The average molecular weight is 528 g/mol. The zero-order chi connectivity index (χ0) is 25.6. The molecule has 5 aromatic rings. The van der Waals surface area contributed by atoms with Crippen molar-refractivity contribution in [1.82, 2.24) is 28.3 Å². The molecule has 36 heavy (non-hydrogen) atoms. The van der Waals surface area contributed by atoms with E-state index in [1.165, 1.54) is 29.8 Å². The number of carbonyl (C=O) groups excluding carboxylic acids is 1. The Balaban J connectivity index is 1.58. The minimum absolute atomic E-state index is 0.0694. The molecule has 5 rings (SSSR count). The molecule has 2 aromatic carbocycles. The Morgan fingerprint density at radius 3 is 2.50 bits per heavy atom. The van der Waals surface area contributed by atoms with Gasteiger partial charge in [0.25, 0.3) is 5.56 Å². The molecule has 3 heterocycles. The van der Waals surface area contributed by atoms with Crippen LogP contribution in [0.15, 0.2) is 63.3 Å². The minimum atomic E-state index is -0.545. The maximum Gasteiger partial charge on any atom is 0.332 e. The lowest BCUT2D eigenvalue weighted by atomic mass is 10.2. The summed E-state index contributed by atoms with van der Waals surface area (Å²) in [4.78, 5) is 38.4. The van der Waals surface area contributed by atoms with Crippen molar-refractivity contribution >= 4 is 51.9 Å². The number of imidazole rings is 1. The lowest BCUT2D eigenvalue weighted by Gasteiger charge is -2.08. The van der Waals surface area contributed by atoms with Gasteiger partial charge in [-0.15, -0.1) is 10.2 Å². The molecule has 0 atom stereocenters. The van der Waals surface area contributed by atoms with Crippen LogP contribution in [-0.2, 0) is 25.4 Å². The van der Waals surface area contributed by atoms with Crippen LogP contribution in [-0.4, -0.2) is 40.0 Å². The highest BCUT2D eigenvalue weighted by Gasteiger charge is 2.24. The predicted molar refractivity (Wildman–Crippen MR) is 135 cm³/mol. The second-order valence-corrected chi connectivity index (χ2v) is 9.40. The molecular weight excluding hydrogens is 509 g/mol. The molecule has 1 amide bonds. The van der Waals surface area contributed by atoms with Crippen LogP contribution in [0.25, 0.3) is 16.9 Å². The van der Waals surface area contributed by atoms with Gasteiger partial charge in [0.05, 0.1) is 18.0 Å². The second-order valence-electron chi connectivity index (χ2n) is 8.03. The topological polar surface area (TPSA) is 108 Å². The maximum atomic E-state index is 13.9. The van der Waals surface area contributed by atoms with Crippen molar-refractivity contribution in [3.63, 3.8) is 0 Å². The van der Waals surface area contributed by atoms with Crippen LogP contribution in [0.2, 0.25) is 5.02 Å². The smallest absolute Gasteiger partial charge is 0.323 e. The number of carbonyl (C=O) groups is 1. The molecule has 0 radical (unpaired) electrons. The fraction of sp³-hybridized carbons (Fsp3) is 0.174. The Hall–Kier alpha value is -3.90. The number of nitrogens with zero attached hydrogens (tertiary/aromatic N) is 6. The van der Waals surface area contributed by atoms with Crippen LogP contribution >= 0.6 is 23.4 Å². The summed E-state index contributed by atoms with van der Waals surface area (Å²) in [7, 11) is 2.96. The Bertz CT molecular complexity index is 1750. The van der Waals surface area contributed by atoms with Gasteiger partial charge in [-0.1, -0.05) is 47.6 Å². The number of amides is 1. The first kappa shape index (κ1) is 23.8. The van der Waals surface area contributed by atoms with E-state index in [0.717, 1.165) is 21.9 Å². The highest BCUT2D eigenvalue weighted by Crippen LogP contribution is 2.25. The lowest BCUT2D eigenvalue weighted by Crippen LogP contribution is -2.37. The molecule has 10 nitrogen and oxygen atoms in total. The molecule has 0 saturated carbocycles. The second kappa shape index (κ2) is 9.28. The van der Waals surface area contributed by atoms with E-state index in [4.69, 9.17) is 11.6 Å². The first-order chi connectivity index (χ1) is 17.3. The average Bonchev–Trinajstić information content (AvgIpc) is 3.41. The van der Waals surface area contributed by atoms with Gasteiger partial charge in [0, 0.05) is 19.1 Å². The number of rotatable bonds is 6. The number of benzene rings is 2. The number of hydrogen-bond donors (Lipinski definition) is 1. The molecule has 0 aliphatic heterocycles. The molecule has 0 spiro atoms. The van der Waals surface area contributed by atoms with Crippen LogP contribution in [0, 0.1) is 5.82 Å². The van der Waals surface area contributed by atoms with E-state index in [1.54, 1.807) is 34.2 Å². The largest absolute Gasteiger partial charge is 0.332 e. The summed E-state index contributed by atoms with van der Waals surface area (Å²) in [6.07, 6.45) is 0. The van der Waals surface area contributed by atoms with Crippen molar-refractivity contribution < 1.29 is 9.18 Å². The van der Waals surface area contributed by atoms with E-state index in [2.05, 4.69) is 15.5 Å². The molecule has 184 valence electrons. The molecule has 0 bridgehead atoms. The summed E-state index contributed by atoms with van der Waals surface area (Å²) >= 11 is 7.06. The molecule has 3 aromatic heterocycles. The molecule has 0 unspecified atom stereocenters. The number of anilines is 1. The standard InChI is InChI=1S/C23H19ClFN7O3S/c1-29-19-18(20(34)30(2)23(29)35)31(11-13-7-9-14(24)10-8-13)21-27-28-22(32(19)21)36-12-17(33)26-16-6-4-3-5-15(16)25/h3-10H,11-12H2,1-2H3,(H,26,33). The van der Waals surface area contributed by atoms with Gasteiger partial charge in [-0.25, -0.2) is 13.6 Å². The van der Waals surface area contributed by atoms with Crippen LogP contribution < -0.4 is 16.6 Å². The number of halogens is 2.